The highest BCUT2D eigenvalue weighted by atomic mass is 32.1. The molecule has 1 N–H and O–H groups in total. The molecule has 5 heteroatoms. The average molecular weight is 264 g/mol. The minimum Gasteiger partial charge on any atom is -0.352 e. The number of amides is 2. The van der Waals surface area contributed by atoms with Gasteiger partial charge in [-0.15, -0.1) is 11.3 Å². The summed E-state index contributed by atoms with van der Waals surface area (Å²) < 4.78 is 0. The summed E-state index contributed by atoms with van der Waals surface area (Å²) in [5.41, 5.74) is -0.783. The molecule has 0 spiro atoms. The molecule has 0 unspecified atom stereocenters. The summed E-state index contributed by atoms with van der Waals surface area (Å²) in [5.74, 6) is -0.227. The Morgan fingerprint density at radius 3 is 3.00 bits per heavy atom. The molecule has 2 rings (SSSR count). The van der Waals surface area contributed by atoms with Crippen LogP contribution in [0, 0.1) is 0 Å². The van der Waals surface area contributed by atoms with Crippen molar-refractivity contribution in [1.82, 2.24) is 10.2 Å². The molecule has 96 valence electrons. The van der Waals surface area contributed by atoms with Crippen LogP contribution in [0.1, 0.15) is 18.7 Å². The van der Waals surface area contributed by atoms with Gasteiger partial charge in [-0.25, -0.2) is 0 Å². The first kappa shape index (κ1) is 12.8. The smallest absolute Gasteiger partial charge is 0.247 e. The lowest BCUT2D eigenvalue weighted by molar-refractivity contribution is -0.146. The van der Waals surface area contributed by atoms with Gasteiger partial charge in [0.25, 0.3) is 0 Å². The Balaban J connectivity index is 2.11. The maximum atomic E-state index is 12.1. The zero-order chi connectivity index (χ0) is 13.2. The summed E-state index contributed by atoms with van der Waals surface area (Å²) in [5, 5.41) is 4.73. The highest BCUT2D eigenvalue weighted by molar-refractivity contribution is 7.10. The topological polar surface area (TPSA) is 49.4 Å². The van der Waals surface area contributed by atoms with Gasteiger partial charge in [0.2, 0.25) is 11.8 Å². The average Bonchev–Trinajstić information content (AvgIpc) is 2.82. The van der Waals surface area contributed by atoms with Gasteiger partial charge in [-0.05, 0) is 31.4 Å². The minimum absolute atomic E-state index is 0.105. The van der Waals surface area contributed by atoms with E-state index in [4.69, 9.17) is 0 Å². The van der Waals surface area contributed by atoms with Crippen LogP contribution < -0.4 is 5.32 Å². The Morgan fingerprint density at radius 2 is 2.33 bits per heavy atom. The van der Waals surface area contributed by atoms with Gasteiger partial charge in [0.05, 0.1) is 0 Å². The molecule has 2 amide bonds. The Hall–Kier alpha value is -1.62. The van der Waals surface area contributed by atoms with Crippen LogP contribution >= 0.6 is 11.3 Å². The van der Waals surface area contributed by atoms with Crippen LogP contribution in [0.25, 0.3) is 6.08 Å². The third-order valence-electron chi connectivity index (χ3n) is 3.05. The third-order valence-corrected chi connectivity index (χ3v) is 3.89. The van der Waals surface area contributed by atoms with E-state index in [0.717, 1.165) is 4.88 Å². The Labute approximate surface area is 110 Å². The van der Waals surface area contributed by atoms with Crippen molar-refractivity contribution in [2.45, 2.75) is 19.4 Å². The second kappa shape index (κ2) is 4.94. The molecule has 1 aliphatic rings. The Morgan fingerprint density at radius 1 is 1.56 bits per heavy atom. The Bertz CT molecular complexity index is 477. The largest absolute Gasteiger partial charge is 0.352 e. The van der Waals surface area contributed by atoms with Gasteiger partial charge >= 0.3 is 0 Å². The van der Waals surface area contributed by atoms with E-state index >= 15 is 0 Å². The number of carbonyl (C=O) groups excluding carboxylic acids is 2. The molecule has 0 aliphatic carbocycles. The number of carbonyl (C=O) groups is 2. The maximum Gasteiger partial charge on any atom is 0.247 e. The fraction of sp³-hybridized carbons (Fsp3) is 0.385. The molecule has 4 nitrogen and oxygen atoms in total. The first-order valence-electron chi connectivity index (χ1n) is 5.83. The van der Waals surface area contributed by atoms with Gasteiger partial charge in [0.1, 0.15) is 5.54 Å². The van der Waals surface area contributed by atoms with Gasteiger partial charge in [-0.3, -0.25) is 9.59 Å². The van der Waals surface area contributed by atoms with Crippen molar-refractivity contribution < 1.29 is 9.59 Å². The quantitative estimate of drug-likeness (QED) is 0.823. The van der Waals surface area contributed by atoms with Crippen molar-refractivity contribution in [3.63, 3.8) is 0 Å². The lowest BCUT2D eigenvalue weighted by Crippen LogP contribution is -2.63. The molecule has 1 aromatic rings. The van der Waals surface area contributed by atoms with Crippen LogP contribution in [0.4, 0.5) is 0 Å². The van der Waals surface area contributed by atoms with Crippen LogP contribution in [-0.2, 0) is 9.59 Å². The summed E-state index contributed by atoms with van der Waals surface area (Å²) in [6, 6.07) is 3.88. The van der Waals surface area contributed by atoms with E-state index in [1.807, 2.05) is 17.5 Å². The molecule has 0 atom stereocenters. The van der Waals surface area contributed by atoms with Gasteiger partial charge in [-0.2, -0.15) is 0 Å². The predicted octanol–water partition coefficient (Wildman–Crippen LogP) is 1.50. The highest BCUT2D eigenvalue weighted by Crippen LogP contribution is 2.19. The third kappa shape index (κ3) is 2.46. The number of piperazine rings is 1. The lowest BCUT2D eigenvalue weighted by atomic mass is 9.99. The highest BCUT2D eigenvalue weighted by Gasteiger charge is 2.39. The summed E-state index contributed by atoms with van der Waals surface area (Å²) in [7, 11) is 0. The normalized spacial score (nSPS) is 19.0. The predicted molar refractivity (Wildman–Crippen MR) is 72.2 cm³/mol. The summed E-state index contributed by atoms with van der Waals surface area (Å²) in [6.07, 6.45) is 3.32. The van der Waals surface area contributed by atoms with E-state index in [0.29, 0.717) is 13.1 Å². The van der Waals surface area contributed by atoms with E-state index < -0.39 is 5.54 Å². The molecule has 0 radical (unpaired) electrons. The monoisotopic (exact) mass is 264 g/mol. The van der Waals surface area contributed by atoms with E-state index in [9.17, 15) is 9.59 Å². The number of hydrogen-bond acceptors (Lipinski definition) is 3. The SMILES string of the molecule is CC1(C)C(=O)NCCN1C(=O)C=Cc1cccs1. The fourth-order valence-electron chi connectivity index (χ4n) is 1.91. The summed E-state index contributed by atoms with van der Waals surface area (Å²) in [6.45, 7) is 4.59. The molecule has 0 aromatic carbocycles. The fourth-order valence-corrected chi connectivity index (χ4v) is 2.53. The molecule has 1 fully saturated rings. The van der Waals surface area contributed by atoms with Crippen LogP contribution in [0.3, 0.4) is 0 Å². The van der Waals surface area contributed by atoms with Crippen molar-refractivity contribution in [3.8, 4) is 0 Å². The van der Waals surface area contributed by atoms with Crippen LogP contribution in [0.15, 0.2) is 23.6 Å². The second-order valence-electron chi connectivity index (χ2n) is 4.65. The number of hydrogen-bond donors (Lipinski definition) is 1. The zero-order valence-corrected chi connectivity index (χ0v) is 11.3. The number of rotatable bonds is 2. The van der Waals surface area contributed by atoms with Gasteiger partial charge in [0.15, 0.2) is 0 Å². The van der Waals surface area contributed by atoms with Crippen molar-refractivity contribution >= 4 is 29.2 Å². The second-order valence-corrected chi connectivity index (χ2v) is 5.63. The molecule has 0 bridgehead atoms. The van der Waals surface area contributed by atoms with Crippen LogP contribution in [0.2, 0.25) is 0 Å². The van der Waals surface area contributed by atoms with Gasteiger partial charge in [-0.1, -0.05) is 6.07 Å². The molecule has 18 heavy (non-hydrogen) atoms. The first-order valence-corrected chi connectivity index (χ1v) is 6.71. The molecule has 2 heterocycles. The van der Waals surface area contributed by atoms with E-state index in [1.54, 1.807) is 36.2 Å². The first-order chi connectivity index (χ1) is 8.51. The van der Waals surface area contributed by atoms with Crippen LogP contribution in [-0.4, -0.2) is 35.3 Å². The summed E-state index contributed by atoms with van der Waals surface area (Å²) >= 11 is 1.58. The Kier molecular flexibility index (Phi) is 3.52. The number of thiophene rings is 1. The molecule has 0 saturated carbocycles. The molecule has 1 saturated heterocycles. The van der Waals surface area contributed by atoms with E-state index in [2.05, 4.69) is 5.32 Å². The maximum absolute atomic E-state index is 12.1. The number of nitrogens with one attached hydrogen (secondary N) is 1. The summed E-state index contributed by atoms with van der Waals surface area (Å²) in [4.78, 5) is 26.5. The molecule has 1 aliphatic heterocycles. The molecular weight excluding hydrogens is 248 g/mol. The zero-order valence-electron chi connectivity index (χ0n) is 10.5. The van der Waals surface area contributed by atoms with Gasteiger partial charge in [0, 0.05) is 24.0 Å². The van der Waals surface area contributed by atoms with Crippen molar-refractivity contribution in [3.05, 3.63) is 28.5 Å². The van der Waals surface area contributed by atoms with Crippen molar-refractivity contribution in [2.75, 3.05) is 13.1 Å². The van der Waals surface area contributed by atoms with E-state index in [-0.39, 0.29) is 11.8 Å². The van der Waals surface area contributed by atoms with Crippen LogP contribution in [0.5, 0.6) is 0 Å². The standard InChI is InChI=1S/C13H16N2O2S/c1-13(2)12(17)14-7-8-15(13)11(16)6-5-10-4-3-9-18-10/h3-6,9H,7-8H2,1-2H3,(H,14,17). The van der Waals surface area contributed by atoms with Crippen molar-refractivity contribution in [1.29, 1.82) is 0 Å². The lowest BCUT2D eigenvalue weighted by Gasteiger charge is -2.40. The van der Waals surface area contributed by atoms with Crippen molar-refractivity contribution in [2.24, 2.45) is 0 Å². The minimum atomic E-state index is -0.783. The number of nitrogens with zero attached hydrogens (tertiary/aromatic N) is 1. The molecule has 1 aromatic heterocycles. The molecular formula is C13H16N2O2S. The van der Waals surface area contributed by atoms with Gasteiger partial charge < -0.3 is 10.2 Å². The van der Waals surface area contributed by atoms with E-state index in [1.165, 1.54) is 6.08 Å².